The third-order valence-electron chi connectivity index (χ3n) is 4.15. The first-order chi connectivity index (χ1) is 9.93. The molecule has 0 spiro atoms. The summed E-state index contributed by atoms with van der Waals surface area (Å²) < 4.78 is 0. The van der Waals surface area contributed by atoms with Crippen molar-refractivity contribution in [3.63, 3.8) is 0 Å². The van der Waals surface area contributed by atoms with Crippen LogP contribution in [0.5, 0.6) is 0 Å². The number of nitrogens with one attached hydrogen (secondary N) is 2. The van der Waals surface area contributed by atoms with Crippen LogP contribution in [0.1, 0.15) is 45.4 Å². The molecule has 0 aromatic carbocycles. The van der Waals surface area contributed by atoms with E-state index in [4.69, 9.17) is 0 Å². The lowest BCUT2D eigenvalue weighted by Crippen LogP contribution is -2.54. The van der Waals surface area contributed by atoms with Crippen molar-refractivity contribution in [2.45, 2.75) is 57.0 Å². The molecule has 0 aromatic rings. The molecule has 2 rings (SSSR count). The molecule has 0 radical (unpaired) electrons. The maximum Gasteiger partial charge on any atom is 0.329 e. The zero-order chi connectivity index (χ0) is 15.5. The summed E-state index contributed by atoms with van der Waals surface area (Å²) >= 11 is 0. The summed E-state index contributed by atoms with van der Waals surface area (Å²) in [5, 5.41) is 14.8. The number of aliphatic carboxylic acids is 1. The lowest BCUT2D eigenvalue weighted by atomic mass is 10.00. The van der Waals surface area contributed by atoms with Crippen molar-refractivity contribution in [3.8, 4) is 0 Å². The average molecular weight is 297 g/mol. The van der Waals surface area contributed by atoms with Gasteiger partial charge in [-0.25, -0.2) is 9.59 Å². The molecular formula is C14H23N3O4. The normalized spacial score (nSPS) is 24.7. The Kier molecular flexibility index (Phi) is 4.69. The van der Waals surface area contributed by atoms with Crippen LogP contribution < -0.4 is 10.6 Å². The second kappa shape index (κ2) is 6.32. The van der Waals surface area contributed by atoms with Crippen molar-refractivity contribution in [3.05, 3.63) is 0 Å². The van der Waals surface area contributed by atoms with Gasteiger partial charge in [-0.2, -0.15) is 0 Å². The van der Waals surface area contributed by atoms with Crippen molar-refractivity contribution >= 4 is 17.9 Å². The van der Waals surface area contributed by atoms with E-state index in [9.17, 15) is 19.5 Å². The lowest BCUT2D eigenvalue weighted by Gasteiger charge is -2.31. The summed E-state index contributed by atoms with van der Waals surface area (Å²) in [5.41, 5.74) is -1.12. The number of nitrogens with zero attached hydrogens (tertiary/aromatic N) is 1. The molecule has 2 aliphatic rings. The van der Waals surface area contributed by atoms with Crippen molar-refractivity contribution in [2.75, 3.05) is 13.1 Å². The maximum atomic E-state index is 12.0. The summed E-state index contributed by atoms with van der Waals surface area (Å²) in [4.78, 5) is 36.2. The lowest BCUT2D eigenvalue weighted by molar-refractivity contribution is -0.147. The summed E-state index contributed by atoms with van der Waals surface area (Å²) in [5.74, 6) is -0.956. The average Bonchev–Trinajstić information content (AvgIpc) is 3.14. The fraction of sp³-hybridized carbons (Fsp3) is 0.786. The SMILES string of the molecule is CC1(C(=O)O)CCCN1C(=O)NCCCC(=O)NC1CC1. The minimum absolute atomic E-state index is 0.0169. The first-order valence-corrected chi connectivity index (χ1v) is 7.52. The van der Waals surface area contributed by atoms with E-state index in [-0.39, 0.29) is 11.9 Å². The number of carboxylic acid groups (broad SMARTS) is 1. The summed E-state index contributed by atoms with van der Waals surface area (Å²) in [6, 6.07) is -0.00651. The fourth-order valence-corrected chi connectivity index (χ4v) is 2.58. The van der Waals surface area contributed by atoms with Crippen LogP contribution in [-0.2, 0) is 9.59 Å². The van der Waals surface area contributed by atoms with Gasteiger partial charge in [0.2, 0.25) is 5.91 Å². The van der Waals surface area contributed by atoms with Crippen molar-refractivity contribution in [1.29, 1.82) is 0 Å². The molecule has 1 heterocycles. The molecule has 1 saturated heterocycles. The van der Waals surface area contributed by atoms with E-state index < -0.39 is 11.5 Å². The molecule has 1 saturated carbocycles. The third kappa shape index (κ3) is 3.86. The van der Waals surface area contributed by atoms with E-state index in [1.54, 1.807) is 6.92 Å². The monoisotopic (exact) mass is 297 g/mol. The first-order valence-electron chi connectivity index (χ1n) is 7.52. The molecular weight excluding hydrogens is 274 g/mol. The Morgan fingerprint density at radius 2 is 2.05 bits per heavy atom. The number of carbonyl (C=O) groups is 3. The highest BCUT2D eigenvalue weighted by atomic mass is 16.4. The number of amides is 3. The molecule has 21 heavy (non-hydrogen) atoms. The summed E-state index contributed by atoms with van der Waals surface area (Å²) in [7, 11) is 0. The molecule has 1 unspecified atom stereocenters. The molecule has 1 aliphatic carbocycles. The van der Waals surface area contributed by atoms with Crippen LogP contribution in [0.25, 0.3) is 0 Å². The van der Waals surface area contributed by atoms with E-state index in [1.165, 1.54) is 4.90 Å². The standard InChI is InChI=1S/C14H23N3O4/c1-14(12(19)20)7-3-9-17(14)13(21)15-8-2-4-11(18)16-10-5-6-10/h10H,2-9H2,1H3,(H,15,21)(H,16,18)(H,19,20). The summed E-state index contributed by atoms with van der Waals surface area (Å²) in [6.07, 6.45) is 4.23. The van der Waals surface area contributed by atoms with Gasteiger partial charge in [-0.05, 0) is 39.0 Å². The van der Waals surface area contributed by atoms with E-state index in [0.29, 0.717) is 44.8 Å². The zero-order valence-electron chi connectivity index (χ0n) is 12.4. The van der Waals surface area contributed by atoms with Crippen LogP contribution >= 0.6 is 0 Å². The fourth-order valence-electron chi connectivity index (χ4n) is 2.58. The van der Waals surface area contributed by atoms with Gasteiger partial charge in [-0.1, -0.05) is 0 Å². The van der Waals surface area contributed by atoms with Crippen molar-refractivity contribution in [1.82, 2.24) is 15.5 Å². The quantitative estimate of drug-likeness (QED) is 0.628. The molecule has 7 heteroatoms. The van der Waals surface area contributed by atoms with Gasteiger partial charge in [-0.3, -0.25) is 4.79 Å². The van der Waals surface area contributed by atoms with Crippen LogP contribution in [0.4, 0.5) is 4.79 Å². The molecule has 7 nitrogen and oxygen atoms in total. The Morgan fingerprint density at radius 1 is 1.33 bits per heavy atom. The Morgan fingerprint density at radius 3 is 2.67 bits per heavy atom. The highest BCUT2D eigenvalue weighted by molar-refractivity contribution is 5.86. The molecule has 3 amide bonds. The second-order valence-corrected chi connectivity index (χ2v) is 6.01. The summed E-state index contributed by atoms with van der Waals surface area (Å²) in [6.45, 7) is 2.41. The van der Waals surface area contributed by atoms with Gasteiger partial charge in [0.15, 0.2) is 0 Å². The number of hydrogen-bond acceptors (Lipinski definition) is 3. The molecule has 1 aliphatic heterocycles. The predicted octanol–water partition coefficient (Wildman–Crippen LogP) is 0.694. The van der Waals surface area contributed by atoms with Gasteiger partial charge in [0, 0.05) is 25.6 Å². The molecule has 0 bridgehead atoms. The Balaban J connectivity index is 1.69. The van der Waals surface area contributed by atoms with E-state index in [2.05, 4.69) is 10.6 Å². The number of urea groups is 1. The third-order valence-corrected chi connectivity index (χ3v) is 4.15. The topological polar surface area (TPSA) is 98.7 Å². The zero-order valence-corrected chi connectivity index (χ0v) is 12.4. The van der Waals surface area contributed by atoms with Crippen LogP contribution in [0.3, 0.4) is 0 Å². The number of carbonyl (C=O) groups excluding carboxylic acids is 2. The molecule has 2 fully saturated rings. The van der Waals surface area contributed by atoms with Gasteiger partial charge < -0.3 is 20.6 Å². The number of rotatable bonds is 6. The molecule has 1 atom stereocenters. The Hall–Kier alpha value is -1.79. The Bertz CT molecular complexity index is 436. The van der Waals surface area contributed by atoms with Crippen LogP contribution in [-0.4, -0.2) is 52.6 Å². The molecule has 0 aromatic heterocycles. The van der Waals surface area contributed by atoms with Gasteiger partial charge in [0.1, 0.15) is 5.54 Å². The van der Waals surface area contributed by atoms with E-state index in [1.807, 2.05) is 0 Å². The highest BCUT2D eigenvalue weighted by Crippen LogP contribution is 2.29. The van der Waals surface area contributed by atoms with Gasteiger partial charge in [0.25, 0.3) is 0 Å². The van der Waals surface area contributed by atoms with Gasteiger partial charge in [-0.15, -0.1) is 0 Å². The maximum absolute atomic E-state index is 12.0. The van der Waals surface area contributed by atoms with Gasteiger partial charge >= 0.3 is 12.0 Å². The molecule has 3 N–H and O–H groups in total. The number of carboxylic acids is 1. The number of hydrogen-bond donors (Lipinski definition) is 3. The number of likely N-dealkylation sites (tertiary alicyclic amines) is 1. The smallest absolute Gasteiger partial charge is 0.329 e. The minimum atomic E-state index is -1.12. The minimum Gasteiger partial charge on any atom is -0.480 e. The first kappa shape index (κ1) is 15.6. The second-order valence-electron chi connectivity index (χ2n) is 6.01. The van der Waals surface area contributed by atoms with Crippen molar-refractivity contribution < 1.29 is 19.5 Å². The van der Waals surface area contributed by atoms with Crippen LogP contribution in [0.2, 0.25) is 0 Å². The Labute approximate surface area is 124 Å². The van der Waals surface area contributed by atoms with Gasteiger partial charge in [0.05, 0.1) is 0 Å². The van der Waals surface area contributed by atoms with Crippen molar-refractivity contribution in [2.24, 2.45) is 0 Å². The molecule has 118 valence electrons. The largest absolute Gasteiger partial charge is 0.480 e. The predicted molar refractivity (Wildman–Crippen MR) is 75.8 cm³/mol. The highest BCUT2D eigenvalue weighted by Gasteiger charge is 2.45. The van der Waals surface area contributed by atoms with E-state index in [0.717, 1.165) is 12.8 Å². The van der Waals surface area contributed by atoms with E-state index >= 15 is 0 Å². The van der Waals surface area contributed by atoms with Crippen LogP contribution in [0.15, 0.2) is 0 Å². The van der Waals surface area contributed by atoms with Crippen LogP contribution in [0, 0.1) is 0 Å².